The molecule has 2 aliphatic rings. The summed E-state index contributed by atoms with van der Waals surface area (Å²) in [6, 6.07) is 7.82. The molecular weight excluding hydrogens is 330 g/mol. The lowest BCUT2D eigenvalue weighted by Crippen LogP contribution is -2.55. The Hall–Kier alpha value is -2.08. The number of benzene rings is 1. The van der Waals surface area contributed by atoms with E-state index in [2.05, 4.69) is 15.5 Å². The second-order valence-electron chi connectivity index (χ2n) is 7.27. The second-order valence-corrected chi connectivity index (χ2v) is 7.27. The van der Waals surface area contributed by atoms with Crippen LogP contribution in [-0.2, 0) is 9.59 Å². The van der Waals surface area contributed by atoms with E-state index < -0.39 is 0 Å². The first kappa shape index (κ1) is 18.7. The number of ether oxygens (including phenoxy) is 1. The lowest BCUT2D eigenvalue weighted by Gasteiger charge is -2.34. The zero-order valence-corrected chi connectivity index (χ0v) is 15.5. The topological polar surface area (TPSA) is 70.7 Å². The average molecular weight is 359 g/mol. The van der Waals surface area contributed by atoms with Gasteiger partial charge in [-0.25, -0.2) is 0 Å². The molecule has 6 nitrogen and oxygen atoms in total. The van der Waals surface area contributed by atoms with Crippen molar-refractivity contribution < 1.29 is 14.3 Å². The molecule has 6 heteroatoms. The van der Waals surface area contributed by atoms with Crippen LogP contribution in [0.3, 0.4) is 0 Å². The summed E-state index contributed by atoms with van der Waals surface area (Å²) in [4.78, 5) is 26.2. The van der Waals surface area contributed by atoms with E-state index in [0.717, 1.165) is 56.6 Å². The molecule has 0 saturated carbocycles. The molecule has 26 heavy (non-hydrogen) atoms. The summed E-state index contributed by atoms with van der Waals surface area (Å²) in [7, 11) is 0. The molecule has 0 aromatic heterocycles. The highest BCUT2D eigenvalue weighted by molar-refractivity contribution is 5.88. The van der Waals surface area contributed by atoms with Crippen molar-refractivity contribution in [1.29, 1.82) is 0 Å². The number of carbonyl (C=O) groups is 2. The number of hydrogen-bond donors (Lipinski definition) is 2. The molecule has 2 N–H and O–H groups in total. The minimum atomic E-state index is -0.365. The SMILES string of the molecule is Cc1ccccc1OCCN1CCC[C@H](NC(=O)[C@H]2CCCC(=O)N2)C1. The maximum Gasteiger partial charge on any atom is 0.242 e. The first-order chi connectivity index (χ1) is 12.6. The highest BCUT2D eigenvalue weighted by Gasteiger charge is 2.28. The van der Waals surface area contributed by atoms with Crippen molar-refractivity contribution in [2.45, 2.75) is 51.1 Å². The Kier molecular flexibility index (Phi) is 6.50. The fraction of sp³-hybridized carbons (Fsp3) is 0.600. The van der Waals surface area contributed by atoms with Gasteiger partial charge in [0.15, 0.2) is 0 Å². The van der Waals surface area contributed by atoms with Gasteiger partial charge < -0.3 is 15.4 Å². The van der Waals surface area contributed by atoms with Crippen LogP contribution in [0.25, 0.3) is 0 Å². The highest BCUT2D eigenvalue weighted by atomic mass is 16.5. The van der Waals surface area contributed by atoms with E-state index in [1.807, 2.05) is 31.2 Å². The van der Waals surface area contributed by atoms with E-state index in [9.17, 15) is 9.59 Å². The zero-order chi connectivity index (χ0) is 18.4. The van der Waals surface area contributed by atoms with Crippen LogP contribution in [0.1, 0.15) is 37.7 Å². The van der Waals surface area contributed by atoms with Gasteiger partial charge in [0, 0.05) is 25.6 Å². The summed E-state index contributed by atoms with van der Waals surface area (Å²) in [6.07, 6.45) is 4.10. The molecule has 2 heterocycles. The molecule has 3 rings (SSSR count). The van der Waals surface area contributed by atoms with Crippen molar-refractivity contribution in [3.05, 3.63) is 29.8 Å². The van der Waals surface area contributed by atoms with Crippen molar-refractivity contribution in [3.8, 4) is 5.75 Å². The molecule has 0 aliphatic carbocycles. The van der Waals surface area contributed by atoms with Crippen molar-refractivity contribution in [2.75, 3.05) is 26.2 Å². The van der Waals surface area contributed by atoms with E-state index in [0.29, 0.717) is 13.0 Å². The number of hydrogen-bond acceptors (Lipinski definition) is 4. The number of carbonyl (C=O) groups excluding carboxylic acids is 2. The molecule has 0 bridgehead atoms. The largest absolute Gasteiger partial charge is 0.492 e. The van der Waals surface area contributed by atoms with Crippen LogP contribution < -0.4 is 15.4 Å². The third kappa shape index (κ3) is 5.21. The number of aryl methyl sites for hydroxylation is 1. The van der Waals surface area contributed by atoms with Gasteiger partial charge in [0.2, 0.25) is 11.8 Å². The number of para-hydroxylation sites is 1. The molecule has 2 amide bonds. The molecule has 1 aromatic carbocycles. The molecule has 0 radical (unpaired) electrons. The summed E-state index contributed by atoms with van der Waals surface area (Å²) in [5, 5.41) is 5.91. The molecule has 142 valence electrons. The van der Waals surface area contributed by atoms with E-state index in [-0.39, 0.29) is 23.9 Å². The Morgan fingerprint density at radius 1 is 1.31 bits per heavy atom. The zero-order valence-electron chi connectivity index (χ0n) is 15.5. The van der Waals surface area contributed by atoms with E-state index >= 15 is 0 Å². The summed E-state index contributed by atoms with van der Waals surface area (Å²) in [6.45, 7) is 5.41. The Labute approximate surface area is 155 Å². The molecule has 2 aliphatic heterocycles. The van der Waals surface area contributed by atoms with Crippen LogP contribution in [0.15, 0.2) is 24.3 Å². The van der Waals surface area contributed by atoms with Crippen molar-refractivity contribution in [3.63, 3.8) is 0 Å². The third-order valence-corrected chi connectivity index (χ3v) is 5.16. The van der Waals surface area contributed by atoms with Gasteiger partial charge in [-0.2, -0.15) is 0 Å². The Morgan fingerprint density at radius 2 is 2.15 bits per heavy atom. The van der Waals surface area contributed by atoms with Gasteiger partial charge in [0.1, 0.15) is 18.4 Å². The lowest BCUT2D eigenvalue weighted by atomic mass is 10.0. The van der Waals surface area contributed by atoms with Gasteiger partial charge in [0.05, 0.1) is 0 Å². The number of rotatable bonds is 6. The van der Waals surface area contributed by atoms with Crippen molar-refractivity contribution in [1.82, 2.24) is 15.5 Å². The molecule has 2 atom stereocenters. The van der Waals surface area contributed by atoms with Crippen LogP contribution in [0.4, 0.5) is 0 Å². The van der Waals surface area contributed by atoms with E-state index in [1.165, 1.54) is 0 Å². The Morgan fingerprint density at radius 3 is 2.96 bits per heavy atom. The minimum Gasteiger partial charge on any atom is -0.492 e. The second kappa shape index (κ2) is 9.03. The third-order valence-electron chi connectivity index (χ3n) is 5.16. The number of likely N-dealkylation sites (tertiary alicyclic amines) is 1. The average Bonchev–Trinajstić information content (AvgIpc) is 2.64. The number of piperidine rings is 2. The number of nitrogens with one attached hydrogen (secondary N) is 2. The fourth-order valence-corrected chi connectivity index (χ4v) is 3.68. The van der Waals surface area contributed by atoms with Crippen molar-refractivity contribution in [2.24, 2.45) is 0 Å². The van der Waals surface area contributed by atoms with Gasteiger partial charge in [-0.05, 0) is 50.8 Å². The minimum absolute atomic E-state index is 0.0185. The standard InChI is InChI=1S/C20H29N3O3/c1-15-6-2-3-9-18(15)26-13-12-23-11-5-7-16(14-23)21-20(25)17-8-4-10-19(24)22-17/h2-3,6,9,16-17H,4-5,7-8,10-14H2,1H3,(H,21,25)(H,22,24)/t16-,17+/m0/s1. The first-order valence-electron chi connectivity index (χ1n) is 9.62. The maximum atomic E-state index is 12.4. The van der Waals surface area contributed by atoms with Crippen LogP contribution in [0.5, 0.6) is 5.75 Å². The highest BCUT2D eigenvalue weighted by Crippen LogP contribution is 2.17. The molecule has 1 aromatic rings. The van der Waals surface area contributed by atoms with Crippen LogP contribution in [-0.4, -0.2) is 55.0 Å². The van der Waals surface area contributed by atoms with Gasteiger partial charge >= 0.3 is 0 Å². The monoisotopic (exact) mass is 359 g/mol. The molecule has 0 unspecified atom stereocenters. The smallest absolute Gasteiger partial charge is 0.242 e. The quantitative estimate of drug-likeness (QED) is 0.810. The predicted molar refractivity (Wildman–Crippen MR) is 100 cm³/mol. The van der Waals surface area contributed by atoms with E-state index in [1.54, 1.807) is 0 Å². The van der Waals surface area contributed by atoms with Crippen LogP contribution in [0.2, 0.25) is 0 Å². The molecular formula is C20H29N3O3. The lowest BCUT2D eigenvalue weighted by molar-refractivity contribution is -0.131. The summed E-state index contributed by atoms with van der Waals surface area (Å²) >= 11 is 0. The van der Waals surface area contributed by atoms with Gasteiger partial charge in [-0.3, -0.25) is 14.5 Å². The van der Waals surface area contributed by atoms with E-state index in [4.69, 9.17) is 4.74 Å². The normalized spacial score (nSPS) is 24.0. The predicted octanol–water partition coefficient (Wildman–Crippen LogP) is 1.62. The Bertz CT molecular complexity index is 634. The molecule has 2 saturated heterocycles. The van der Waals surface area contributed by atoms with Crippen LogP contribution in [0, 0.1) is 6.92 Å². The number of nitrogens with zero attached hydrogens (tertiary/aromatic N) is 1. The Balaban J connectivity index is 1.41. The number of amides is 2. The van der Waals surface area contributed by atoms with Gasteiger partial charge in [-0.15, -0.1) is 0 Å². The summed E-state index contributed by atoms with van der Waals surface area (Å²) < 4.78 is 5.89. The first-order valence-corrected chi connectivity index (χ1v) is 9.62. The van der Waals surface area contributed by atoms with Crippen LogP contribution >= 0.6 is 0 Å². The molecule has 2 fully saturated rings. The maximum absolute atomic E-state index is 12.4. The molecule has 0 spiro atoms. The summed E-state index contributed by atoms with van der Waals surface area (Å²) in [5.74, 6) is 0.874. The fourth-order valence-electron chi connectivity index (χ4n) is 3.68. The van der Waals surface area contributed by atoms with Gasteiger partial charge in [0.25, 0.3) is 0 Å². The van der Waals surface area contributed by atoms with Gasteiger partial charge in [-0.1, -0.05) is 18.2 Å². The van der Waals surface area contributed by atoms with Crippen molar-refractivity contribution >= 4 is 11.8 Å². The summed E-state index contributed by atoms with van der Waals surface area (Å²) in [5.41, 5.74) is 1.14.